The molecule has 0 aromatic rings. The summed E-state index contributed by atoms with van der Waals surface area (Å²) in [5.74, 6) is 0.584. The Morgan fingerprint density at radius 2 is 2.10 bits per heavy atom. The van der Waals surface area contributed by atoms with Gasteiger partial charge in [0.1, 0.15) is 0 Å². The molecule has 1 saturated heterocycles. The monoisotopic (exact) mass is 139 g/mol. The van der Waals surface area contributed by atoms with E-state index in [0.29, 0.717) is 11.6 Å². The molecule has 0 bridgehead atoms. The molecule has 2 nitrogen and oxygen atoms in total. The number of hydrogen-bond acceptors (Lipinski definition) is 2. The fourth-order valence-corrected chi connectivity index (χ4v) is 0.958. The van der Waals surface area contributed by atoms with Gasteiger partial charge in [-0.05, 0) is 19.9 Å². The Morgan fingerprint density at radius 3 is 2.40 bits per heavy atom. The maximum atomic E-state index is 7.20. The molecule has 56 valence electrons. The Bertz CT molecular complexity index is 168. The molecule has 10 heavy (non-hydrogen) atoms. The van der Waals surface area contributed by atoms with Crippen LogP contribution in [0.4, 0.5) is 0 Å². The molecule has 1 aliphatic rings. The van der Waals surface area contributed by atoms with Gasteiger partial charge in [-0.1, -0.05) is 5.57 Å². The van der Waals surface area contributed by atoms with E-state index in [1.165, 1.54) is 5.57 Å². The molecule has 0 unspecified atom stereocenters. The van der Waals surface area contributed by atoms with Crippen molar-refractivity contribution in [3.05, 3.63) is 11.6 Å². The van der Waals surface area contributed by atoms with Gasteiger partial charge >= 0.3 is 0 Å². The summed E-state index contributed by atoms with van der Waals surface area (Å²) in [5, 5.41) is 7.20. The van der Waals surface area contributed by atoms with Crippen LogP contribution in [-0.2, 0) is 4.74 Å². The van der Waals surface area contributed by atoms with E-state index in [2.05, 4.69) is 6.92 Å². The summed E-state index contributed by atoms with van der Waals surface area (Å²) in [4.78, 5) is 0. The smallest absolute Gasteiger partial charge is 0.0553 e. The average Bonchev–Trinajstić information content (AvgIpc) is 1.55. The molecule has 1 heterocycles. The summed E-state index contributed by atoms with van der Waals surface area (Å²) in [7, 11) is 0. The maximum Gasteiger partial charge on any atom is 0.0553 e. The predicted octanol–water partition coefficient (Wildman–Crippen LogP) is 1.62. The van der Waals surface area contributed by atoms with E-state index in [9.17, 15) is 0 Å². The molecule has 1 fully saturated rings. The van der Waals surface area contributed by atoms with Crippen LogP contribution in [0.1, 0.15) is 13.8 Å². The van der Waals surface area contributed by atoms with Crippen molar-refractivity contribution in [2.75, 3.05) is 13.2 Å². The molecule has 0 aliphatic carbocycles. The number of rotatable bonds is 2. The molecule has 2 heteroatoms. The first kappa shape index (κ1) is 7.48. The highest BCUT2D eigenvalue weighted by molar-refractivity contribution is 5.90. The zero-order valence-corrected chi connectivity index (χ0v) is 6.48. The van der Waals surface area contributed by atoms with Gasteiger partial charge in [0.15, 0.2) is 0 Å². The summed E-state index contributed by atoms with van der Waals surface area (Å²) in [6.45, 7) is 5.54. The van der Waals surface area contributed by atoms with Crippen molar-refractivity contribution in [3.63, 3.8) is 0 Å². The SMILES string of the molecule is CC(=N)/C=C(\C)C1COC1. The van der Waals surface area contributed by atoms with E-state index in [1.54, 1.807) is 6.92 Å². The van der Waals surface area contributed by atoms with Crippen LogP contribution >= 0.6 is 0 Å². The average molecular weight is 139 g/mol. The highest BCUT2D eigenvalue weighted by Gasteiger charge is 2.19. The molecular formula is C8H13NO. The molecule has 0 aromatic carbocycles. The minimum atomic E-state index is 0.584. The second-order valence-electron chi connectivity index (χ2n) is 2.81. The first-order valence-electron chi connectivity index (χ1n) is 3.51. The van der Waals surface area contributed by atoms with Gasteiger partial charge in [0.2, 0.25) is 0 Å². The standard InChI is InChI=1S/C8H13NO/c1-6(3-7(2)9)8-4-10-5-8/h3,8-9H,4-5H2,1-2H3/b6-3+,9-7?. The largest absolute Gasteiger partial charge is 0.380 e. The van der Waals surface area contributed by atoms with Crippen LogP contribution < -0.4 is 0 Å². The fraction of sp³-hybridized carbons (Fsp3) is 0.625. The lowest BCUT2D eigenvalue weighted by molar-refractivity contribution is -0.0131. The van der Waals surface area contributed by atoms with Crippen LogP contribution in [0.25, 0.3) is 0 Å². The van der Waals surface area contributed by atoms with Crippen molar-refractivity contribution in [1.82, 2.24) is 0 Å². The Labute approximate surface area is 61.4 Å². The topological polar surface area (TPSA) is 33.1 Å². The Kier molecular flexibility index (Phi) is 2.22. The predicted molar refractivity (Wildman–Crippen MR) is 41.5 cm³/mol. The van der Waals surface area contributed by atoms with Crippen molar-refractivity contribution in [1.29, 1.82) is 5.41 Å². The molecule has 0 atom stereocenters. The number of ether oxygens (including phenoxy) is 1. The van der Waals surface area contributed by atoms with Crippen molar-refractivity contribution in [2.45, 2.75) is 13.8 Å². The molecule has 1 N–H and O–H groups in total. The lowest BCUT2D eigenvalue weighted by Crippen LogP contribution is -2.28. The summed E-state index contributed by atoms with van der Waals surface area (Å²) in [6.07, 6.45) is 1.91. The Balaban J connectivity index is 2.45. The number of allylic oxidation sites excluding steroid dienone is 1. The van der Waals surface area contributed by atoms with E-state index in [0.717, 1.165) is 13.2 Å². The third kappa shape index (κ3) is 1.67. The molecule has 0 spiro atoms. The van der Waals surface area contributed by atoms with E-state index < -0.39 is 0 Å². The minimum Gasteiger partial charge on any atom is -0.380 e. The fourth-order valence-electron chi connectivity index (χ4n) is 0.958. The number of hydrogen-bond donors (Lipinski definition) is 1. The zero-order valence-electron chi connectivity index (χ0n) is 6.48. The first-order chi connectivity index (χ1) is 4.70. The molecule has 0 amide bonds. The minimum absolute atomic E-state index is 0.584. The lowest BCUT2D eigenvalue weighted by atomic mass is 9.98. The third-order valence-electron chi connectivity index (χ3n) is 1.73. The molecule has 0 saturated carbocycles. The molecule has 0 aromatic heterocycles. The van der Waals surface area contributed by atoms with E-state index >= 15 is 0 Å². The van der Waals surface area contributed by atoms with Crippen LogP contribution in [0.2, 0.25) is 0 Å². The van der Waals surface area contributed by atoms with Crippen LogP contribution in [0.15, 0.2) is 11.6 Å². The highest BCUT2D eigenvalue weighted by atomic mass is 16.5. The zero-order chi connectivity index (χ0) is 7.56. The van der Waals surface area contributed by atoms with Crippen LogP contribution in [0.5, 0.6) is 0 Å². The van der Waals surface area contributed by atoms with Gasteiger partial charge in [0, 0.05) is 11.6 Å². The lowest BCUT2D eigenvalue weighted by Gasteiger charge is -2.26. The molecule has 0 radical (unpaired) electrons. The van der Waals surface area contributed by atoms with Crippen molar-refractivity contribution >= 4 is 5.71 Å². The molecule has 1 aliphatic heterocycles. The van der Waals surface area contributed by atoms with Gasteiger partial charge in [-0.15, -0.1) is 0 Å². The summed E-state index contributed by atoms with van der Waals surface area (Å²) in [5.41, 5.74) is 1.91. The van der Waals surface area contributed by atoms with Crippen LogP contribution in [0, 0.1) is 11.3 Å². The molecular weight excluding hydrogens is 126 g/mol. The van der Waals surface area contributed by atoms with Gasteiger partial charge in [-0.3, -0.25) is 0 Å². The second kappa shape index (κ2) is 2.97. The maximum absolute atomic E-state index is 7.20. The number of nitrogens with one attached hydrogen (secondary N) is 1. The van der Waals surface area contributed by atoms with E-state index in [-0.39, 0.29) is 0 Å². The first-order valence-corrected chi connectivity index (χ1v) is 3.51. The van der Waals surface area contributed by atoms with E-state index in [1.807, 2.05) is 6.08 Å². The van der Waals surface area contributed by atoms with Gasteiger partial charge < -0.3 is 10.1 Å². The van der Waals surface area contributed by atoms with Crippen molar-refractivity contribution in [2.24, 2.45) is 5.92 Å². The quantitative estimate of drug-likeness (QED) is 0.579. The van der Waals surface area contributed by atoms with Crippen LogP contribution in [0.3, 0.4) is 0 Å². The molecule has 1 rings (SSSR count). The van der Waals surface area contributed by atoms with Crippen LogP contribution in [-0.4, -0.2) is 18.9 Å². The van der Waals surface area contributed by atoms with Gasteiger partial charge in [0.05, 0.1) is 13.2 Å². The summed E-state index contributed by atoms with van der Waals surface area (Å²) < 4.78 is 5.03. The normalized spacial score (nSPS) is 20.4. The van der Waals surface area contributed by atoms with Crippen molar-refractivity contribution in [3.8, 4) is 0 Å². The Hall–Kier alpha value is -0.630. The Morgan fingerprint density at radius 1 is 1.50 bits per heavy atom. The van der Waals surface area contributed by atoms with Gasteiger partial charge in [-0.2, -0.15) is 0 Å². The summed E-state index contributed by atoms with van der Waals surface area (Å²) in [6, 6.07) is 0. The van der Waals surface area contributed by atoms with Crippen molar-refractivity contribution < 1.29 is 4.74 Å². The summed E-state index contributed by atoms with van der Waals surface area (Å²) >= 11 is 0. The second-order valence-corrected chi connectivity index (χ2v) is 2.81. The van der Waals surface area contributed by atoms with E-state index in [4.69, 9.17) is 10.1 Å². The third-order valence-corrected chi connectivity index (χ3v) is 1.73. The highest BCUT2D eigenvalue weighted by Crippen LogP contribution is 2.18. The van der Waals surface area contributed by atoms with Gasteiger partial charge in [-0.25, -0.2) is 0 Å². The van der Waals surface area contributed by atoms with Gasteiger partial charge in [0.25, 0.3) is 0 Å².